The van der Waals surface area contributed by atoms with E-state index in [4.69, 9.17) is 9.47 Å². The Balaban J connectivity index is 2.15. The van der Waals surface area contributed by atoms with Crippen molar-refractivity contribution in [1.29, 1.82) is 0 Å². The molecule has 9 heteroatoms. The average Bonchev–Trinajstić information content (AvgIpc) is 2.85. The third-order valence-corrected chi connectivity index (χ3v) is 4.93. The van der Waals surface area contributed by atoms with Gasteiger partial charge in [0.25, 0.3) is 5.56 Å². The lowest BCUT2D eigenvalue weighted by atomic mass is 10.0. The molecule has 0 radical (unpaired) electrons. The van der Waals surface area contributed by atoms with Gasteiger partial charge in [-0.25, -0.2) is 9.48 Å². The van der Waals surface area contributed by atoms with Crippen LogP contribution in [0.1, 0.15) is 44.5 Å². The number of aromatic nitrogens is 3. The number of hydrogen-bond donors (Lipinski definition) is 1. The number of carbonyl (C=O) groups is 2. The van der Waals surface area contributed by atoms with Gasteiger partial charge in [0.05, 0.1) is 17.8 Å². The Kier molecular flexibility index (Phi) is 8.13. The summed E-state index contributed by atoms with van der Waals surface area (Å²) >= 11 is 0. The number of pyridine rings is 1. The number of ether oxygens (including phenoxy) is 2. The molecule has 178 valence electrons. The van der Waals surface area contributed by atoms with E-state index in [9.17, 15) is 14.4 Å². The van der Waals surface area contributed by atoms with Crippen LogP contribution in [0.3, 0.4) is 0 Å². The third-order valence-electron chi connectivity index (χ3n) is 4.93. The number of anilines is 2. The molecule has 0 spiro atoms. The summed E-state index contributed by atoms with van der Waals surface area (Å²) < 4.78 is 12.1. The van der Waals surface area contributed by atoms with Crippen LogP contribution in [0.4, 0.5) is 11.4 Å². The fraction of sp³-hybridized carbons (Fsp3) is 0.320. The van der Waals surface area contributed by atoms with Gasteiger partial charge in [0, 0.05) is 24.7 Å². The van der Waals surface area contributed by atoms with Crippen molar-refractivity contribution in [2.75, 3.05) is 5.32 Å². The zero-order chi connectivity index (χ0) is 24.7. The lowest BCUT2D eigenvalue weighted by Crippen LogP contribution is -2.31. The van der Waals surface area contributed by atoms with E-state index < -0.39 is 23.8 Å². The second kappa shape index (κ2) is 11.2. The number of nitrogens with zero attached hydrogens (tertiary/aromatic N) is 3. The number of hydrogen-bond acceptors (Lipinski definition) is 8. The first-order chi connectivity index (χ1) is 16.3. The lowest BCUT2D eigenvalue weighted by molar-refractivity contribution is -0.172. The average molecular weight is 465 g/mol. The molecule has 0 aliphatic rings. The Labute approximate surface area is 197 Å². The Morgan fingerprint density at radius 3 is 2.38 bits per heavy atom. The number of carbonyl (C=O) groups excluding carboxylic acids is 2. The van der Waals surface area contributed by atoms with Gasteiger partial charge in [0.2, 0.25) is 6.29 Å². The Hall–Kier alpha value is -4.01. The number of esters is 2. The van der Waals surface area contributed by atoms with E-state index in [1.807, 2.05) is 6.07 Å². The molecular weight excluding hydrogens is 436 g/mol. The number of benzene rings is 1. The highest BCUT2D eigenvalue weighted by atomic mass is 16.7. The monoisotopic (exact) mass is 464 g/mol. The molecule has 0 bridgehead atoms. The SMILES string of the molecule is CCC(OC(=O)c1c(-c2ccccc2)nn(CC)c(=O)c1Nc1cccnc1)OC(=O)C(C)C. The standard InChI is InChI=1S/C25H28N4O5/c1-5-19(33-24(31)16(3)4)34-25(32)20-21(17-11-8-7-9-12-17)28-29(6-2)23(30)22(20)27-18-13-10-14-26-15-18/h7-16,19,27H,5-6H2,1-4H3. The predicted molar refractivity (Wildman–Crippen MR) is 128 cm³/mol. The van der Waals surface area contributed by atoms with Crippen molar-refractivity contribution in [1.82, 2.24) is 14.8 Å². The second-order valence-electron chi connectivity index (χ2n) is 7.79. The first kappa shape index (κ1) is 24.6. The summed E-state index contributed by atoms with van der Waals surface area (Å²) in [5.74, 6) is -1.71. The van der Waals surface area contributed by atoms with Crippen LogP contribution in [0.25, 0.3) is 11.3 Å². The molecule has 0 amide bonds. The number of aryl methyl sites for hydroxylation is 1. The molecule has 0 saturated carbocycles. The molecule has 9 nitrogen and oxygen atoms in total. The highest BCUT2D eigenvalue weighted by Crippen LogP contribution is 2.28. The summed E-state index contributed by atoms with van der Waals surface area (Å²) in [4.78, 5) is 42.8. The van der Waals surface area contributed by atoms with Crippen LogP contribution in [0, 0.1) is 5.92 Å². The molecule has 0 aliphatic carbocycles. The third kappa shape index (κ3) is 5.67. The fourth-order valence-corrected chi connectivity index (χ4v) is 3.11. The van der Waals surface area contributed by atoms with E-state index >= 15 is 0 Å². The van der Waals surface area contributed by atoms with Crippen LogP contribution < -0.4 is 10.9 Å². The van der Waals surface area contributed by atoms with Crippen LogP contribution in [0.15, 0.2) is 59.7 Å². The van der Waals surface area contributed by atoms with Crippen molar-refractivity contribution in [3.8, 4) is 11.3 Å². The predicted octanol–water partition coefficient (Wildman–Crippen LogP) is 4.16. The van der Waals surface area contributed by atoms with Gasteiger partial charge in [0.1, 0.15) is 16.9 Å². The zero-order valence-electron chi connectivity index (χ0n) is 19.6. The van der Waals surface area contributed by atoms with E-state index in [2.05, 4.69) is 15.4 Å². The van der Waals surface area contributed by atoms with Crippen LogP contribution >= 0.6 is 0 Å². The summed E-state index contributed by atoms with van der Waals surface area (Å²) in [6.45, 7) is 7.18. The second-order valence-corrected chi connectivity index (χ2v) is 7.79. The first-order valence-electron chi connectivity index (χ1n) is 11.1. The highest BCUT2D eigenvalue weighted by molar-refractivity contribution is 6.02. The van der Waals surface area contributed by atoms with Crippen LogP contribution in [-0.2, 0) is 20.8 Å². The van der Waals surface area contributed by atoms with Gasteiger partial charge in [-0.1, -0.05) is 51.1 Å². The van der Waals surface area contributed by atoms with Gasteiger partial charge in [-0.3, -0.25) is 14.6 Å². The highest BCUT2D eigenvalue weighted by Gasteiger charge is 2.28. The van der Waals surface area contributed by atoms with Gasteiger partial charge in [-0.05, 0) is 19.1 Å². The molecule has 1 N–H and O–H groups in total. The summed E-state index contributed by atoms with van der Waals surface area (Å²) in [6, 6.07) is 12.4. The molecule has 3 aromatic rings. The van der Waals surface area contributed by atoms with Crippen LogP contribution in [0.2, 0.25) is 0 Å². The normalized spacial score (nSPS) is 11.7. The van der Waals surface area contributed by atoms with Crippen molar-refractivity contribution in [2.24, 2.45) is 5.92 Å². The molecule has 1 aromatic carbocycles. The van der Waals surface area contributed by atoms with Gasteiger partial charge in [-0.15, -0.1) is 0 Å². The maximum atomic E-state index is 13.5. The van der Waals surface area contributed by atoms with Gasteiger partial charge < -0.3 is 14.8 Å². The molecule has 0 fully saturated rings. The first-order valence-corrected chi connectivity index (χ1v) is 11.1. The van der Waals surface area contributed by atoms with Gasteiger partial charge in [0.15, 0.2) is 0 Å². The molecule has 2 heterocycles. The minimum absolute atomic E-state index is 0.00116. The van der Waals surface area contributed by atoms with Crippen molar-refractivity contribution < 1.29 is 19.1 Å². The summed E-state index contributed by atoms with van der Waals surface area (Å²) in [6.07, 6.45) is 2.27. The largest absolute Gasteiger partial charge is 0.425 e. The van der Waals surface area contributed by atoms with Crippen LogP contribution in [0.5, 0.6) is 0 Å². The molecule has 3 rings (SSSR count). The molecule has 0 saturated heterocycles. The Bertz CT molecular complexity index is 1190. The molecule has 0 aliphatic heterocycles. The summed E-state index contributed by atoms with van der Waals surface area (Å²) in [5.41, 5.74) is 0.856. The van der Waals surface area contributed by atoms with Crippen molar-refractivity contribution in [3.05, 3.63) is 70.8 Å². The maximum absolute atomic E-state index is 13.5. The van der Waals surface area contributed by atoms with Crippen molar-refractivity contribution in [2.45, 2.75) is 47.0 Å². The molecule has 1 unspecified atom stereocenters. The maximum Gasteiger partial charge on any atom is 0.345 e. The summed E-state index contributed by atoms with van der Waals surface area (Å²) in [5, 5.41) is 7.46. The van der Waals surface area contributed by atoms with E-state index in [0.717, 1.165) is 0 Å². The number of nitrogens with one attached hydrogen (secondary N) is 1. The van der Waals surface area contributed by atoms with Crippen molar-refractivity contribution in [3.63, 3.8) is 0 Å². The lowest BCUT2D eigenvalue weighted by Gasteiger charge is -2.21. The van der Waals surface area contributed by atoms with E-state index in [0.29, 0.717) is 17.8 Å². The van der Waals surface area contributed by atoms with Gasteiger partial charge in [-0.2, -0.15) is 5.10 Å². The number of rotatable bonds is 9. The molecule has 1 atom stereocenters. The smallest absolute Gasteiger partial charge is 0.345 e. The minimum Gasteiger partial charge on any atom is -0.425 e. The van der Waals surface area contributed by atoms with E-state index in [1.165, 1.54) is 10.9 Å². The minimum atomic E-state index is -1.11. The van der Waals surface area contributed by atoms with Crippen molar-refractivity contribution >= 4 is 23.3 Å². The van der Waals surface area contributed by atoms with E-state index in [-0.39, 0.29) is 29.3 Å². The molecule has 34 heavy (non-hydrogen) atoms. The van der Waals surface area contributed by atoms with Gasteiger partial charge >= 0.3 is 11.9 Å². The topological polar surface area (TPSA) is 112 Å². The van der Waals surface area contributed by atoms with E-state index in [1.54, 1.807) is 70.3 Å². The quantitative estimate of drug-likeness (QED) is 0.371. The summed E-state index contributed by atoms with van der Waals surface area (Å²) in [7, 11) is 0. The molecule has 2 aromatic heterocycles. The zero-order valence-corrected chi connectivity index (χ0v) is 19.6. The Morgan fingerprint density at radius 1 is 1.06 bits per heavy atom. The Morgan fingerprint density at radius 2 is 1.79 bits per heavy atom. The molecular formula is C25H28N4O5. The fourth-order valence-electron chi connectivity index (χ4n) is 3.11. The van der Waals surface area contributed by atoms with Crippen LogP contribution in [-0.4, -0.2) is 33.0 Å².